The average Bonchev–Trinajstić information content (AvgIpc) is 2.49. The first-order valence-corrected chi connectivity index (χ1v) is 6.94. The highest BCUT2D eigenvalue weighted by atomic mass is 16.5. The van der Waals surface area contributed by atoms with Crippen LogP contribution in [0.25, 0.3) is 0 Å². The van der Waals surface area contributed by atoms with Gasteiger partial charge >= 0.3 is 11.9 Å². The largest absolute Gasteiger partial charge is 0.469 e. The van der Waals surface area contributed by atoms with E-state index in [-0.39, 0.29) is 30.9 Å². The zero-order valence-electron chi connectivity index (χ0n) is 12.1. The number of benzene rings is 1. The van der Waals surface area contributed by atoms with Crippen molar-refractivity contribution in [2.24, 2.45) is 5.92 Å². The number of esters is 2. The number of methoxy groups -OCH3 is 1. The number of rotatable bonds is 8. The number of hydrogen-bond donors (Lipinski definition) is 0. The van der Waals surface area contributed by atoms with E-state index in [1.165, 1.54) is 7.11 Å². The van der Waals surface area contributed by atoms with Crippen molar-refractivity contribution < 1.29 is 19.1 Å². The van der Waals surface area contributed by atoms with Crippen LogP contribution in [0.5, 0.6) is 0 Å². The molecule has 1 atom stereocenters. The molecule has 0 N–H and O–H groups in total. The maximum atomic E-state index is 11.7. The highest BCUT2D eigenvalue weighted by Gasteiger charge is 2.19. The molecule has 20 heavy (non-hydrogen) atoms. The van der Waals surface area contributed by atoms with Gasteiger partial charge in [0.25, 0.3) is 0 Å². The van der Waals surface area contributed by atoms with E-state index in [0.29, 0.717) is 6.42 Å². The van der Waals surface area contributed by atoms with E-state index in [2.05, 4.69) is 0 Å². The number of carbonyl (C=O) groups is 2. The Morgan fingerprint density at radius 3 is 2.45 bits per heavy atom. The second kappa shape index (κ2) is 9.13. The van der Waals surface area contributed by atoms with E-state index in [0.717, 1.165) is 18.4 Å². The second-order valence-corrected chi connectivity index (χ2v) is 4.69. The SMILES string of the molecule is CCCC(CCC(=O)OCc1ccccc1)C(=O)OC. The minimum absolute atomic E-state index is 0.214. The first-order valence-electron chi connectivity index (χ1n) is 6.94. The summed E-state index contributed by atoms with van der Waals surface area (Å²) in [7, 11) is 1.37. The van der Waals surface area contributed by atoms with Crippen LogP contribution in [0, 0.1) is 5.92 Å². The monoisotopic (exact) mass is 278 g/mol. The number of carbonyl (C=O) groups excluding carboxylic acids is 2. The summed E-state index contributed by atoms with van der Waals surface area (Å²) >= 11 is 0. The Balaban J connectivity index is 2.32. The van der Waals surface area contributed by atoms with Gasteiger partial charge in [-0.3, -0.25) is 9.59 Å². The molecule has 1 rings (SSSR count). The lowest BCUT2D eigenvalue weighted by atomic mass is 9.98. The molecule has 0 radical (unpaired) electrons. The highest BCUT2D eigenvalue weighted by molar-refractivity contribution is 5.74. The summed E-state index contributed by atoms with van der Waals surface area (Å²) in [6.45, 7) is 2.28. The van der Waals surface area contributed by atoms with Crippen molar-refractivity contribution in [3.05, 3.63) is 35.9 Å². The quantitative estimate of drug-likeness (QED) is 0.686. The first kappa shape index (κ1) is 16.2. The Labute approximate surface area is 120 Å². The van der Waals surface area contributed by atoms with Crippen LogP contribution in [0.3, 0.4) is 0 Å². The third kappa shape index (κ3) is 5.87. The summed E-state index contributed by atoms with van der Waals surface area (Å²) in [5.74, 6) is -0.740. The summed E-state index contributed by atoms with van der Waals surface area (Å²) in [6.07, 6.45) is 2.35. The first-order chi connectivity index (χ1) is 9.67. The molecule has 110 valence electrons. The van der Waals surface area contributed by atoms with Gasteiger partial charge < -0.3 is 9.47 Å². The lowest BCUT2D eigenvalue weighted by Gasteiger charge is -2.13. The predicted octanol–water partition coefficient (Wildman–Crippen LogP) is 3.10. The van der Waals surface area contributed by atoms with Gasteiger partial charge in [0.05, 0.1) is 13.0 Å². The third-order valence-corrected chi connectivity index (χ3v) is 3.11. The van der Waals surface area contributed by atoms with Gasteiger partial charge in [0.1, 0.15) is 6.61 Å². The van der Waals surface area contributed by atoms with E-state index >= 15 is 0 Å². The molecule has 0 aliphatic heterocycles. The zero-order chi connectivity index (χ0) is 14.8. The molecule has 0 aliphatic rings. The van der Waals surface area contributed by atoms with Gasteiger partial charge in [-0.05, 0) is 18.4 Å². The van der Waals surface area contributed by atoms with Crippen molar-refractivity contribution in [3.63, 3.8) is 0 Å². The van der Waals surface area contributed by atoms with Crippen LogP contribution in [0.15, 0.2) is 30.3 Å². The zero-order valence-corrected chi connectivity index (χ0v) is 12.1. The van der Waals surface area contributed by atoms with Crippen molar-refractivity contribution in [1.29, 1.82) is 0 Å². The Morgan fingerprint density at radius 2 is 1.85 bits per heavy atom. The molecular weight excluding hydrogens is 256 g/mol. The van der Waals surface area contributed by atoms with Gasteiger partial charge in [-0.2, -0.15) is 0 Å². The Kier molecular flexibility index (Phi) is 7.40. The average molecular weight is 278 g/mol. The molecule has 1 aromatic carbocycles. The fourth-order valence-corrected chi connectivity index (χ4v) is 2.00. The van der Waals surface area contributed by atoms with Crippen LogP contribution in [-0.2, 0) is 25.7 Å². The molecular formula is C16H22O4. The van der Waals surface area contributed by atoms with Crippen molar-refractivity contribution >= 4 is 11.9 Å². The Morgan fingerprint density at radius 1 is 1.15 bits per heavy atom. The van der Waals surface area contributed by atoms with Crippen molar-refractivity contribution in [3.8, 4) is 0 Å². The van der Waals surface area contributed by atoms with Gasteiger partial charge in [0.15, 0.2) is 0 Å². The summed E-state index contributed by atoms with van der Waals surface area (Å²) in [4.78, 5) is 23.2. The van der Waals surface area contributed by atoms with Crippen LogP contribution in [0.2, 0.25) is 0 Å². The van der Waals surface area contributed by atoms with Crippen LogP contribution in [-0.4, -0.2) is 19.0 Å². The summed E-state index contributed by atoms with van der Waals surface area (Å²) in [5.41, 5.74) is 0.957. The standard InChI is InChI=1S/C16H22O4/c1-3-7-14(16(18)19-2)10-11-15(17)20-12-13-8-5-4-6-9-13/h4-6,8-9,14H,3,7,10-12H2,1-2H3. The molecule has 0 aromatic heterocycles. The molecule has 0 spiro atoms. The van der Waals surface area contributed by atoms with Gasteiger partial charge in [0, 0.05) is 6.42 Å². The van der Waals surface area contributed by atoms with Crippen molar-refractivity contribution in [1.82, 2.24) is 0 Å². The van der Waals surface area contributed by atoms with Crippen LogP contribution in [0.4, 0.5) is 0 Å². The molecule has 4 heteroatoms. The van der Waals surface area contributed by atoms with E-state index < -0.39 is 0 Å². The fourth-order valence-electron chi connectivity index (χ4n) is 2.00. The molecule has 0 saturated heterocycles. The molecule has 0 bridgehead atoms. The van der Waals surface area contributed by atoms with Crippen LogP contribution in [0.1, 0.15) is 38.2 Å². The number of hydrogen-bond acceptors (Lipinski definition) is 4. The number of ether oxygens (including phenoxy) is 2. The van der Waals surface area contributed by atoms with Crippen molar-refractivity contribution in [2.75, 3.05) is 7.11 Å². The summed E-state index contributed by atoms with van der Waals surface area (Å²) < 4.78 is 9.91. The summed E-state index contributed by atoms with van der Waals surface area (Å²) in [5, 5.41) is 0. The maximum Gasteiger partial charge on any atom is 0.308 e. The van der Waals surface area contributed by atoms with Gasteiger partial charge in [-0.1, -0.05) is 43.7 Å². The van der Waals surface area contributed by atoms with E-state index in [1.807, 2.05) is 37.3 Å². The fraction of sp³-hybridized carbons (Fsp3) is 0.500. The molecule has 0 aliphatic carbocycles. The minimum atomic E-state index is -0.279. The lowest BCUT2D eigenvalue weighted by molar-refractivity contribution is -0.148. The second-order valence-electron chi connectivity index (χ2n) is 4.69. The molecule has 0 saturated carbocycles. The Hall–Kier alpha value is -1.84. The smallest absolute Gasteiger partial charge is 0.308 e. The predicted molar refractivity (Wildman–Crippen MR) is 75.9 cm³/mol. The van der Waals surface area contributed by atoms with Crippen molar-refractivity contribution in [2.45, 2.75) is 39.2 Å². The van der Waals surface area contributed by atoms with Crippen LogP contribution >= 0.6 is 0 Å². The topological polar surface area (TPSA) is 52.6 Å². The normalized spacial score (nSPS) is 11.7. The molecule has 0 heterocycles. The Bertz CT molecular complexity index is 414. The molecule has 0 amide bonds. The highest BCUT2D eigenvalue weighted by Crippen LogP contribution is 2.16. The van der Waals surface area contributed by atoms with Gasteiger partial charge in [-0.25, -0.2) is 0 Å². The van der Waals surface area contributed by atoms with E-state index in [1.54, 1.807) is 0 Å². The van der Waals surface area contributed by atoms with Crippen LogP contribution < -0.4 is 0 Å². The third-order valence-electron chi connectivity index (χ3n) is 3.11. The molecule has 1 unspecified atom stereocenters. The molecule has 0 fully saturated rings. The molecule has 4 nitrogen and oxygen atoms in total. The van der Waals surface area contributed by atoms with Gasteiger partial charge in [-0.15, -0.1) is 0 Å². The molecule has 1 aromatic rings. The lowest BCUT2D eigenvalue weighted by Crippen LogP contribution is -2.18. The minimum Gasteiger partial charge on any atom is -0.469 e. The van der Waals surface area contributed by atoms with E-state index in [9.17, 15) is 9.59 Å². The summed E-state index contributed by atoms with van der Waals surface area (Å²) in [6, 6.07) is 9.52. The maximum absolute atomic E-state index is 11.7. The van der Waals surface area contributed by atoms with E-state index in [4.69, 9.17) is 9.47 Å². The van der Waals surface area contributed by atoms with Gasteiger partial charge in [0.2, 0.25) is 0 Å².